The minimum Gasteiger partial charge on any atom is -0.434 e. The first-order valence-corrected chi connectivity index (χ1v) is 13.4. The van der Waals surface area contributed by atoms with E-state index in [1.165, 1.54) is 12.3 Å². The van der Waals surface area contributed by atoms with Crippen molar-refractivity contribution in [1.82, 2.24) is 14.5 Å². The summed E-state index contributed by atoms with van der Waals surface area (Å²) in [7, 11) is -3.30. The second-order valence-corrected chi connectivity index (χ2v) is 10.6. The molecule has 5 aromatic rings. The number of pyridine rings is 1. The smallest absolute Gasteiger partial charge is 0.387 e. The Morgan fingerprint density at radius 2 is 1.62 bits per heavy atom. The summed E-state index contributed by atoms with van der Waals surface area (Å²) in [5.74, 6) is 0.874. The van der Waals surface area contributed by atoms with Crippen molar-refractivity contribution in [3.8, 4) is 16.9 Å². The van der Waals surface area contributed by atoms with E-state index in [0.29, 0.717) is 12.0 Å². The number of alkyl halides is 2. The molecule has 6 nitrogen and oxygen atoms in total. The normalized spacial score (nSPS) is 11.8. The molecule has 3 aromatic carbocycles. The average molecular weight is 520 g/mol. The maximum absolute atomic E-state index is 13.1. The number of fused-ring (bicyclic) bond motifs is 1. The second kappa shape index (κ2) is 10.1. The van der Waals surface area contributed by atoms with E-state index in [2.05, 4.69) is 4.98 Å². The lowest BCUT2D eigenvalue weighted by Gasteiger charge is -2.14. The van der Waals surface area contributed by atoms with Crippen LogP contribution in [0.2, 0.25) is 0 Å². The highest BCUT2D eigenvalue weighted by molar-refractivity contribution is 7.90. The van der Waals surface area contributed by atoms with Gasteiger partial charge in [0, 0.05) is 30.6 Å². The van der Waals surface area contributed by atoms with Crippen LogP contribution in [-0.4, -0.2) is 35.8 Å². The van der Waals surface area contributed by atoms with Gasteiger partial charge in [0.05, 0.1) is 22.5 Å². The van der Waals surface area contributed by atoms with Crippen molar-refractivity contribution in [3.63, 3.8) is 0 Å². The molecule has 0 aliphatic rings. The number of halogens is 2. The van der Waals surface area contributed by atoms with Crippen molar-refractivity contribution >= 4 is 20.9 Å². The highest BCUT2D eigenvalue weighted by Gasteiger charge is 2.16. The molecule has 2 heterocycles. The van der Waals surface area contributed by atoms with Crippen LogP contribution >= 0.6 is 0 Å². The zero-order valence-corrected chi connectivity index (χ0v) is 20.7. The molecule has 0 N–H and O–H groups in total. The molecule has 0 unspecified atom stereocenters. The molecule has 0 aliphatic carbocycles. The van der Waals surface area contributed by atoms with E-state index in [-0.39, 0.29) is 17.2 Å². The predicted molar refractivity (Wildman–Crippen MR) is 137 cm³/mol. The van der Waals surface area contributed by atoms with Gasteiger partial charge >= 0.3 is 6.61 Å². The minimum absolute atomic E-state index is 0.113. The van der Waals surface area contributed by atoms with Crippen molar-refractivity contribution in [3.05, 3.63) is 108 Å². The number of nitrogens with zero attached hydrogens (tertiary/aromatic N) is 3. The Hall–Kier alpha value is -4.11. The van der Waals surface area contributed by atoms with E-state index < -0.39 is 16.4 Å². The summed E-state index contributed by atoms with van der Waals surface area (Å²) in [6.07, 6.45) is 5.12. The van der Waals surface area contributed by atoms with Gasteiger partial charge in [0.1, 0.15) is 11.6 Å². The fraction of sp³-hybridized carbons (Fsp3) is 0.143. The molecule has 0 spiro atoms. The van der Waals surface area contributed by atoms with E-state index >= 15 is 0 Å². The summed E-state index contributed by atoms with van der Waals surface area (Å²) >= 11 is 0. The number of imidazole rings is 1. The monoisotopic (exact) mass is 519 g/mol. The molecule has 37 heavy (non-hydrogen) atoms. The number of rotatable bonds is 8. The largest absolute Gasteiger partial charge is 0.434 e. The molecule has 0 saturated heterocycles. The van der Waals surface area contributed by atoms with Crippen LogP contribution in [0.15, 0.2) is 96.2 Å². The Bertz CT molecular complexity index is 1650. The third-order valence-electron chi connectivity index (χ3n) is 6.07. The summed E-state index contributed by atoms with van der Waals surface area (Å²) < 4.78 is 56.6. The molecule has 0 saturated carbocycles. The summed E-state index contributed by atoms with van der Waals surface area (Å²) in [5, 5.41) is 0. The Kier molecular flexibility index (Phi) is 6.71. The summed E-state index contributed by atoms with van der Waals surface area (Å²) in [6, 6.07) is 23.0. The molecule has 0 aliphatic heterocycles. The molecule has 0 amide bonds. The van der Waals surface area contributed by atoms with Crippen LogP contribution in [0.4, 0.5) is 8.78 Å². The van der Waals surface area contributed by atoms with Gasteiger partial charge in [-0.15, -0.1) is 0 Å². The lowest BCUT2D eigenvalue weighted by atomic mass is 10.1. The maximum Gasteiger partial charge on any atom is 0.387 e. The van der Waals surface area contributed by atoms with E-state index in [1.807, 2.05) is 34.9 Å². The van der Waals surface area contributed by atoms with Crippen LogP contribution in [0.3, 0.4) is 0 Å². The van der Waals surface area contributed by atoms with Crippen molar-refractivity contribution in [2.24, 2.45) is 0 Å². The molecule has 5 rings (SSSR count). The molecule has 9 heteroatoms. The Balaban J connectivity index is 1.61. The predicted octanol–water partition coefficient (Wildman–Crippen LogP) is 5.74. The van der Waals surface area contributed by atoms with Crippen molar-refractivity contribution in [2.45, 2.75) is 24.5 Å². The quantitative estimate of drug-likeness (QED) is 0.261. The molecule has 2 aromatic heterocycles. The summed E-state index contributed by atoms with van der Waals surface area (Å²) in [4.78, 5) is 9.17. The fourth-order valence-electron chi connectivity index (χ4n) is 4.26. The Labute approximate surface area is 213 Å². The van der Waals surface area contributed by atoms with Crippen LogP contribution < -0.4 is 4.74 Å². The van der Waals surface area contributed by atoms with Gasteiger partial charge in [-0.2, -0.15) is 8.78 Å². The number of aromatic nitrogens is 3. The van der Waals surface area contributed by atoms with Gasteiger partial charge in [0.25, 0.3) is 0 Å². The van der Waals surface area contributed by atoms with Gasteiger partial charge in [-0.25, -0.2) is 13.4 Å². The molecular formula is C28H23F2N3O3S. The van der Waals surface area contributed by atoms with Gasteiger partial charge in [-0.3, -0.25) is 4.98 Å². The number of benzene rings is 3. The topological polar surface area (TPSA) is 74.1 Å². The SMILES string of the molecule is CS(=O)(=O)c1ccc(-c2ccc3nc(Cc4ccncc4)n(Cc4ccccc4OC(F)F)c3c2)cc1. The van der Waals surface area contributed by atoms with Gasteiger partial charge in [0.15, 0.2) is 9.84 Å². The number of para-hydroxylation sites is 1. The standard InChI is InChI=1S/C28H23F2N3O3S/c1-37(34,35)23-9-6-20(7-10-23)21-8-11-24-25(17-21)33(27(32-24)16-19-12-14-31-15-13-19)18-22-4-2-3-5-26(22)36-28(29)30/h2-15,17,28H,16,18H2,1H3. The lowest BCUT2D eigenvalue weighted by molar-refractivity contribution is -0.0504. The van der Waals surface area contributed by atoms with Gasteiger partial charge in [-0.1, -0.05) is 36.4 Å². The minimum atomic E-state index is -3.30. The number of sulfone groups is 1. The van der Waals surface area contributed by atoms with Crippen LogP contribution in [0.1, 0.15) is 17.0 Å². The second-order valence-electron chi connectivity index (χ2n) is 8.63. The van der Waals surface area contributed by atoms with Gasteiger partial charge in [-0.05, 0) is 59.2 Å². The third kappa shape index (κ3) is 5.51. The zero-order chi connectivity index (χ0) is 26.0. The molecule has 0 radical (unpaired) electrons. The first-order chi connectivity index (χ1) is 17.8. The first-order valence-electron chi connectivity index (χ1n) is 11.5. The lowest BCUT2D eigenvalue weighted by Crippen LogP contribution is -2.09. The van der Waals surface area contributed by atoms with Crippen molar-refractivity contribution in [1.29, 1.82) is 0 Å². The van der Waals surface area contributed by atoms with E-state index in [4.69, 9.17) is 9.72 Å². The van der Waals surface area contributed by atoms with Crippen molar-refractivity contribution < 1.29 is 21.9 Å². The zero-order valence-electron chi connectivity index (χ0n) is 19.9. The molecule has 0 atom stereocenters. The van der Waals surface area contributed by atoms with Crippen LogP contribution in [0.25, 0.3) is 22.2 Å². The number of hydrogen-bond acceptors (Lipinski definition) is 5. The molecule has 188 valence electrons. The number of ether oxygens (including phenoxy) is 1. The maximum atomic E-state index is 13.1. The van der Waals surface area contributed by atoms with E-state index in [1.54, 1.807) is 54.9 Å². The van der Waals surface area contributed by atoms with Gasteiger partial charge < -0.3 is 9.30 Å². The van der Waals surface area contributed by atoms with Crippen LogP contribution in [-0.2, 0) is 22.8 Å². The Morgan fingerprint density at radius 1 is 0.919 bits per heavy atom. The van der Waals surface area contributed by atoms with E-state index in [0.717, 1.165) is 33.5 Å². The average Bonchev–Trinajstić information content (AvgIpc) is 3.21. The highest BCUT2D eigenvalue weighted by Crippen LogP contribution is 2.29. The van der Waals surface area contributed by atoms with Gasteiger partial charge in [0.2, 0.25) is 0 Å². The van der Waals surface area contributed by atoms with E-state index in [9.17, 15) is 17.2 Å². The molecular weight excluding hydrogens is 496 g/mol. The molecule has 0 fully saturated rings. The third-order valence-corrected chi connectivity index (χ3v) is 7.20. The van der Waals surface area contributed by atoms with Crippen LogP contribution in [0.5, 0.6) is 5.75 Å². The highest BCUT2D eigenvalue weighted by atomic mass is 32.2. The Morgan fingerprint density at radius 3 is 2.32 bits per heavy atom. The first kappa shape index (κ1) is 24.6. The van der Waals surface area contributed by atoms with Crippen molar-refractivity contribution in [2.75, 3.05) is 6.26 Å². The number of hydrogen-bond donors (Lipinski definition) is 0. The van der Waals surface area contributed by atoms with Crippen LogP contribution in [0, 0.1) is 0 Å². The summed E-state index contributed by atoms with van der Waals surface area (Å²) in [5.41, 5.74) is 4.91. The fourth-order valence-corrected chi connectivity index (χ4v) is 4.89. The summed E-state index contributed by atoms with van der Waals surface area (Å²) in [6.45, 7) is -2.66. The molecule has 0 bridgehead atoms.